The number of hydrogen-bond acceptors (Lipinski definition) is 1. The third-order valence-electron chi connectivity index (χ3n) is 4.10. The van der Waals surface area contributed by atoms with E-state index in [1.54, 1.807) is 6.92 Å². The van der Waals surface area contributed by atoms with E-state index in [-0.39, 0.29) is 0 Å². The molecule has 0 aromatic heterocycles. The Morgan fingerprint density at radius 2 is 1.52 bits per heavy atom. The second kappa shape index (κ2) is 14.9. The standard InChI is InChI=1S/C13H18O2.2C4H9.ClH.Sn/c1-9(2)8-11-4-6-12(7-5-11)10(3)13(14)15;2*1-3-4-2;;/h4-7,9-10H,8H2,1-3H3,(H,14,15);2*1,3-4H2,2H3;1H;/q;;;;+1/p-1. The fraction of sp³-hybridized carbons (Fsp3) is 0.667. The average molecular weight is 475 g/mol. The van der Waals surface area contributed by atoms with Crippen LogP contribution in [0.25, 0.3) is 0 Å². The topological polar surface area (TPSA) is 37.3 Å². The third kappa shape index (κ3) is 12.7. The number of hydrogen-bond donors (Lipinski definition) is 1. The summed E-state index contributed by atoms with van der Waals surface area (Å²) in [6.45, 7) is 10.5. The van der Waals surface area contributed by atoms with E-state index >= 15 is 0 Å². The molecule has 4 heteroatoms. The number of benzene rings is 1. The first-order valence-electron chi connectivity index (χ1n) is 9.63. The molecule has 25 heavy (non-hydrogen) atoms. The zero-order valence-corrected chi connectivity index (χ0v) is 20.3. The van der Waals surface area contributed by atoms with Crippen LogP contribution in [-0.2, 0) is 11.2 Å². The van der Waals surface area contributed by atoms with Crippen molar-refractivity contribution in [1.29, 1.82) is 0 Å². The van der Waals surface area contributed by atoms with Crippen LogP contribution >= 0.6 is 8.92 Å². The van der Waals surface area contributed by atoms with Gasteiger partial charge in [-0.2, -0.15) is 0 Å². The first-order chi connectivity index (χ1) is 11.8. The van der Waals surface area contributed by atoms with Gasteiger partial charge in [0.05, 0.1) is 5.92 Å². The van der Waals surface area contributed by atoms with Gasteiger partial charge in [-0.15, -0.1) is 0 Å². The summed E-state index contributed by atoms with van der Waals surface area (Å²) < 4.78 is 2.81. The molecule has 1 N–H and O–H groups in total. The maximum absolute atomic E-state index is 10.8. The van der Waals surface area contributed by atoms with Crippen molar-refractivity contribution in [3.05, 3.63) is 35.4 Å². The Kier molecular flexibility index (Phi) is 14.8. The molecule has 2 nitrogen and oxygen atoms in total. The number of carboxylic acid groups (broad SMARTS) is 1. The molecule has 0 fully saturated rings. The van der Waals surface area contributed by atoms with Crippen molar-refractivity contribution in [2.45, 2.75) is 81.5 Å². The molecule has 0 saturated heterocycles. The summed E-state index contributed by atoms with van der Waals surface area (Å²) in [6.07, 6.45) is 6.44. The molecule has 1 atom stereocenters. The first-order valence-corrected chi connectivity index (χ1v) is 17.3. The molecular weight excluding hydrogens is 438 g/mol. The second-order valence-corrected chi connectivity index (χ2v) is 16.5. The normalized spacial score (nSPS) is 12.0. The van der Waals surface area contributed by atoms with E-state index in [4.69, 9.17) is 14.0 Å². The molecule has 0 heterocycles. The molecule has 143 valence electrons. The molecule has 1 aromatic carbocycles. The van der Waals surface area contributed by atoms with Gasteiger partial charge in [0, 0.05) is 0 Å². The van der Waals surface area contributed by atoms with Gasteiger partial charge in [0.2, 0.25) is 0 Å². The summed E-state index contributed by atoms with van der Waals surface area (Å²) in [7, 11) is 6.24. The molecule has 0 aliphatic heterocycles. The number of carboxylic acids is 1. The van der Waals surface area contributed by atoms with Crippen molar-refractivity contribution in [3.8, 4) is 0 Å². The fourth-order valence-electron chi connectivity index (χ4n) is 2.42. The molecule has 0 spiro atoms. The van der Waals surface area contributed by atoms with Crippen LogP contribution in [0, 0.1) is 5.92 Å². The minimum absolute atomic E-state index is 0.418. The van der Waals surface area contributed by atoms with Crippen LogP contribution < -0.4 is 0 Å². The molecule has 0 bridgehead atoms. The van der Waals surface area contributed by atoms with Gasteiger partial charge in [-0.25, -0.2) is 0 Å². The monoisotopic (exact) mass is 475 g/mol. The van der Waals surface area contributed by atoms with Gasteiger partial charge in [-0.1, -0.05) is 38.1 Å². The van der Waals surface area contributed by atoms with Gasteiger partial charge in [-0.05, 0) is 30.4 Å². The summed E-state index contributed by atoms with van der Waals surface area (Å²) in [5.41, 5.74) is 2.14. The molecule has 1 unspecified atom stereocenters. The number of unbranched alkanes of at least 4 members (excludes halogenated alkanes) is 2. The summed E-state index contributed by atoms with van der Waals surface area (Å²) in [5, 5.41) is 8.85. The van der Waals surface area contributed by atoms with Crippen molar-refractivity contribution in [3.63, 3.8) is 0 Å². The summed E-state index contributed by atoms with van der Waals surface area (Å²) in [4.78, 5) is 10.8. The van der Waals surface area contributed by atoms with Gasteiger partial charge < -0.3 is 5.11 Å². The van der Waals surface area contributed by atoms with Crippen molar-refractivity contribution in [2.75, 3.05) is 0 Å². The van der Waals surface area contributed by atoms with Crippen LogP contribution in [0.2, 0.25) is 8.87 Å². The quantitative estimate of drug-likeness (QED) is 0.375. The van der Waals surface area contributed by atoms with Gasteiger partial charge in [0.15, 0.2) is 0 Å². The summed E-state index contributed by atoms with van der Waals surface area (Å²) in [5.74, 6) is -0.558. The van der Waals surface area contributed by atoms with Crippen molar-refractivity contribution < 1.29 is 9.90 Å². The predicted octanol–water partition coefficient (Wildman–Crippen LogP) is 6.89. The zero-order chi connectivity index (χ0) is 19.2. The van der Waals surface area contributed by atoms with Crippen LogP contribution in [-0.4, -0.2) is 29.7 Å². The van der Waals surface area contributed by atoms with E-state index in [1.807, 2.05) is 24.3 Å². The molecule has 0 saturated carbocycles. The summed E-state index contributed by atoms with van der Waals surface area (Å²) >= 11 is -1.27. The minimum atomic E-state index is -1.27. The van der Waals surface area contributed by atoms with E-state index in [1.165, 1.54) is 40.1 Å². The van der Waals surface area contributed by atoms with Crippen LogP contribution in [0.4, 0.5) is 0 Å². The Morgan fingerprint density at radius 1 is 1.04 bits per heavy atom. The predicted molar refractivity (Wildman–Crippen MR) is 112 cm³/mol. The number of carbonyl (C=O) groups is 1. The molecular formula is C21H36ClO2Sn. The van der Waals surface area contributed by atoms with Gasteiger partial charge >= 0.3 is 81.9 Å². The third-order valence-corrected chi connectivity index (χ3v) is 11.7. The van der Waals surface area contributed by atoms with E-state index in [9.17, 15) is 4.79 Å². The SMILES string of the molecule is CC(C)Cc1ccc(C(C)C(=O)O)cc1.CCC[CH2][Sn]([Cl])[CH2]CCC. The Hall–Kier alpha value is -0.221. The number of halogens is 1. The molecule has 1 radical (unpaired) electrons. The Morgan fingerprint density at radius 3 is 1.88 bits per heavy atom. The fourth-order valence-corrected chi connectivity index (χ4v) is 9.13. The second-order valence-electron chi connectivity index (χ2n) is 7.12. The molecule has 0 aliphatic carbocycles. The van der Waals surface area contributed by atoms with Crippen molar-refractivity contribution in [1.82, 2.24) is 0 Å². The van der Waals surface area contributed by atoms with E-state index in [0.717, 1.165) is 12.0 Å². The Balaban J connectivity index is 0.000000504. The van der Waals surface area contributed by atoms with Crippen molar-refractivity contribution in [2.24, 2.45) is 5.92 Å². The molecule has 0 amide bonds. The molecule has 1 rings (SSSR count). The Labute approximate surface area is 165 Å². The van der Waals surface area contributed by atoms with E-state index in [0.29, 0.717) is 5.92 Å². The van der Waals surface area contributed by atoms with Gasteiger partial charge in [0.1, 0.15) is 0 Å². The average Bonchev–Trinajstić information content (AvgIpc) is 2.58. The maximum atomic E-state index is 10.8. The van der Waals surface area contributed by atoms with Crippen LogP contribution in [0.1, 0.15) is 77.3 Å². The van der Waals surface area contributed by atoms with Gasteiger partial charge in [0.25, 0.3) is 0 Å². The molecule has 0 aliphatic rings. The van der Waals surface area contributed by atoms with Crippen LogP contribution in [0.5, 0.6) is 0 Å². The van der Waals surface area contributed by atoms with Crippen LogP contribution in [0.15, 0.2) is 24.3 Å². The first kappa shape index (κ1) is 24.8. The molecule has 1 aromatic rings. The van der Waals surface area contributed by atoms with Crippen molar-refractivity contribution >= 4 is 33.5 Å². The zero-order valence-electron chi connectivity index (χ0n) is 16.6. The number of rotatable bonds is 10. The van der Waals surface area contributed by atoms with Crippen LogP contribution in [0.3, 0.4) is 0 Å². The van der Waals surface area contributed by atoms with Gasteiger partial charge in [-0.3, -0.25) is 4.79 Å². The van der Waals surface area contributed by atoms with E-state index in [2.05, 4.69) is 27.7 Å². The number of aliphatic carboxylic acids is 1. The summed E-state index contributed by atoms with van der Waals surface area (Å²) in [6, 6.07) is 7.87. The van der Waals surface area contributed by atoms with E-state index < -0.39 is 30.5 Å². The Bertz CT molecular complexity index is 451.